The number of carbonyl (C=O) groups is 1. The van der Waals surface area contributed by atoms with Crippen LogP contribution in [0, 0.1) is 5.82 Å². The number of hydrogen-bond donors (Lipinski definition) is 0. The maximum atomic E-state index is 15.3. The predicted octanol–water partition coefficient (Wildman–Crippen LogP) is 4.49. The topological polar surface area (TPSA) is 69.5 Å². The molecular weight excluding hydrogens is 447 g/mol. The van der Waals surface area contributed by atoms with Gasteiger partial charge in [-0.05, 0) is 54.3 Å². The summed E-state index contributed by atoms with van der Waals surface area (Å²) in [5.41, 5.74) is 2.59. The minimum Gasteiger partial charge on any atom is -0.489 e. The molecule has 1 unspecified atom stereocenters. The number of fused-ring (bicyclic) bond motifs is 2. The van der Waals surface area contributed by atoms with Crippen LogP contribution in [0.25, 0.3) is 22.0 Å². The third-order valence-electron chi connectivity index (χ3n) is 6.42. The highest BCUT2D eigenvalue weighted by atomic mass is 19.1. The number of ether oxygens (including phenoxy) is 2. The maximum absolute atomic E-state index is 15.3. The van der Waals surface area contributed by atoms with Crippen molar-refractivity contribution in [2.24, 2.45) is 7.05 Å². The van der Waals surface area contributed by atoms with Crippen LogP contribution in [0.1, 0.15) is 37.2 Å². The van der Waals surface area contributed by atoms with Crippen LogP contribution in [0.4, 0.5) is 4.39 Å². The van der Waals surface area contributed by atoms with E-state index in [4.69, 9.17) is 12.2 Å². The van der Waals surface area contributed by atoms with E-state index in [0.29, 0.717) is 23.4 Å². The molecule has 2 aliphatic heterocycles. The molecule has 6 rings (SSSR count). The lowest BCUT2D eigenvalue weighted by atomic mass is 9.99. The van der Waals surface area contributed by atoms with E-state index in [9.17, 15) is 4.79 Å². The summed E-state index contributed by atoms with van der Waals surface area (Å²) in [4.78, 5) is 17.9. The predicted molar refractivity (Wildman–Crippen MR) is 128 cm³/mol. The number of rotatable bonds is 6. The van der Waals surface area contributed by atoms with Crippen LogP contribution in [-0.2, 0) is 24.8 Å². The summed E-state index contributed by atoms with van der Waals surface area (Å²) in [6.07, 6.45) is 5.41. The van der Waals surface area contributed by atoms with Crippen LogP contribution >= 0.6 is 0 Å². The van der Waals surface area contributed by atoms with Crippen molar-refractivity contribution < 1.29 is 21.4 Å². The summed E-state index contributed by atoms with van der Waals surface area (Å²) in [6, 6.07) is 11.6. The van der Waals surface area contributed by atoms with Gasteiger partial charge in [-0.25, -0.2) is 4.39 Å². The van der Waals surface area contributed by atoms with Gasteiger partial charge in [-0.1, -0.05) is 12.1 Å². The Balaban J connectivity index is 1.28. The van der Waals surface area contributed by atoms with E-state index in [0.717, 1.165) is 35.3 Å². The van der Waals surface area contributed by atoms with Gasteiger partial charge in [0, 0.05) is 43.5 Å². The van der Waals surface area contributed by atoms with Gasteiger partial charge in [0.1, 0.15) is 23.7 Å². The first kappa shape index (κ1) is 19.5. The van der Waals surface area contributed by atoms with Gasteiger partial charge in [0.2, 0.25) is 0 Å². The lowest BCUT2D eigenvalue weighted by Gasteiger charge is -2.16. The van der Waals surface area contributed by atoms with Crippen molar-refractivity contribution in [2.75, 3.05) is 13.2 Å². The third kappa shape index (κ3) is 4.04. The van der Waals surface area contributed by atoms with Crippen LogP contribution in [-0.4, -0.2) is 44.9 Å². The van der Waals surface area contributed by atoms with Gasteiger partial charge >= 0.3 is 0 Å². The first-order chi connectivity index (χ1) is 17.8. The number of benzene rings is 2. The maximum Gasteiger partial charge on any atom is 0.256 e. The van der Waals surface area contributed by atoms with Crippen molar-refractivity contribution in [1.82, 2.24) is 19.7 Å². The molecule has 8 heteroatoms. The first-order valence-electron chi connectivity index (χ1n) is 12.6. The minimum atomic E-state index is -2.12. The second kappa shape index (κ2) is 8.78. The van der Waals surface area contributed by atoms with E-state index in [1.54, 1.807) is 22.9 Å². The molecule has 35 heavy (non-hydrogen) atoms. The second-order valence-electron chi connectivity index (χ2n) is 8.83. The van der Waals surface area contributed by atoms with Crippen LogP contribution in [0.3, 0.4) is 0 Å². The molecule has 1 saturated heterocycles. The Kier molecular flexibility index (Phi) is 4.89. The molecule has 0 saturated carbocycles. The van der Waals surface area contributed by atoms with Crippen LogP contribution in [0.2, 0.25) is 0 Å². The average Bonchev–Trinajstić information content (AvgIpc) is 3.59. The number of amides is 1. The molecule has 4 heterocycles. The Bertz CT molecular complexity index is 1520. The Morgan fingerprint density at radius 1 is 1.26 bits per heavy atom. The highest BCUT2D eigenvalue weighted by Gasteiger charge is 2.28. The summed E-state index contributed by atoms with van der Waals surface area (Å²) in [7, 11) is 1.82. The molecule has 0 N–H and O–H groups in total. The fraction of sp³-hybridized carbons (Fsp3) is 0.296. The molecular formula is C27H25FN4O3. The molecule has 1 fully saturated rings. The van der Waals surface area contributed by atoms with Gasteiger partial charge in [0.05, 0.1) is 26.6 Å². The van der Waals surface area contributed by atoms with Crippen molar-refractivity contribution in [2.45, 2.75) is 32.0 Å². The molecule has 178 valence electrons. The van der Waals surface area contributed by atoms with Crippen LogP contribution < -0.4 is 4.74 Å². The van der Waals surface area contributed by atoms with Gasteiger partial charge in [-0.3, -0.25) is 14.5 Å². The molecule has 0 aliphatic carbocycles. The smallest absolute Gasteiger partial charge is 0.256 e. The van der Waals surface area contributed by atoms with Gasteiger partial charge in [-0.2, -0.15) is 5.10 Å². The molecule has 2 aromatic heterocycles. The number of hydrogen-bond acceptors (Lipinski definition) is 5. The van der Waals surface area contributed by atoms with Crippen LogP contribution in [0.15, 0.2) is 54.9 Å². The lowest BCUT2D eigenvalue weighted by Crippen LogP contribution is -2.23. The monoisotopic (exact) mass is 474 g/mol. The molecule has 1 atom stereocenters. The van der Waals surface area contributed by atoms with Crippen molar-refractivity contribution in [3.05, 3.63) is 77.5 Å². The molecule has 2 aliphatic rings. The van der Waals surface area contributed by atoms with Gasteiger partial charge < -0.3 is 14.4 Å². The molecule has 0 spiro atoms. The van der Waals surface area contributed by atoms with Crippen molar-refractivity contribution in [3.8, 4) is 16.9 Å². The van der Waals surface area contributed by atoms with Crippen molar-refractivity contribution >= 4 is 16.8 Å². The van der Waals surface area contributed by atoms with Gasteiger partial charge in [-0.15, -0.1) is 0 Å². The van der Waals surface area contributed by atoms with Crippen molar-refractivity contribution in [1.29, 1.82) is 0 Å². The molecule has 4 aromatic rings. The summed E-state index contributed by atoms with van der Waals surface area (Å²) in [5.74, 6) is -0.386. The van der Waals surface area contributed by atoms with E-state index in [1.165, 1.54) is 18.3 Å². The molecule has 0 bridgehead atoms. The Hall–Kier alpha value is -3.78. The number of pyridine rings is 1. The zero-order chi connectivity index (χ0) is 25.7. The molecule has 7 nitrogen and oxygen atoms in total. The largest absolute Gasteiger partial charge is 0.489 e. The zero-order valence-corrected chi connectivity index (χ0v) is 19.2. The summed E-state index contributed by atoms with van der Waals surface area (Å²) >= 11 is 0. The highest BCUT2D eigenvalue weighted by Crippen LogP contribution is 2.35. The number of nitrogens with zero attached hydrogens (tertiary/aromatic N) is 4. The highest BCUT2D eigenvalue weighted by molar-refractivity contribution is 5.98. The summed E-state index contributed by atoms with van der Waals surface area (Å²) in [5, 5.41) is 5.39. The zero-order valence-electron chi connectivity index (χ0n) is 21.2. The molecule has 1 amide bonds. The summed E-state index contributed by atoms with van der Waals surface area (Å²) in [6.45, 7) is -1.13. The van der Waals surface area contributed by atoms with E-state index in [2.05, 4.69) is 10.1 Å². The van der Waals surface area contributed by atoms with Crippen molar-refractivity contribution in [3.63, 3.8) is 0 Å². The third-order valence-corrected chi connectivity index (χ3v) is 6.42. The number of aromatic nitrogens is 3. The van der Waals surface area contributed by atoms with E-state index < -0.39 is 18.2 Å². The van der Waals surface area contributed by atoms with E-state index in [-0.39, 0.29) is 29.5 Å². The molecule has 0 radical (unpaired) electrons. The fourth-order valence-electron chi connectivity index (χ4n) is 4.64. The number of halogens is 1. The Morgan fingerprint density at radius 2 is 2.17 bits per heavy atom. The average molecular weight is 475 g/mol. The first-order valence-corrected chi connectivity index (χ1v) is 11.6. The fourth-order valence-corrected chi connectivity index (χ4v) is 4.64. The second-order valence-corrected chi connectivity index (χ2v) is 8.83. The molecule has 2 aromatic carbocycles. The normalized spacial score (nSPS) is 19.7. The SMILES string of the molecule is [2H]C1([2H])c2ncccc2C(=O)N1Cc1ccc(-c2ccc(OCC3CCCO3)c3nn(C)cc23)cc1F. The number of carbonyl (C=O) groups excluding carboxylic acids is 1. The van der Waals surface area contributed by atoms with E-state index in [1.807, 2.05) is 25.4 Å². The van der Waals surface area contributed by atoms with Crippen LogP contribution in [0.5, 0.6) is 5.75 Å². The Labute approximate surface area is 204 Å². The Morgan fingerprint density at radius 3 is 2.97 bits per heavy atom. The number of aryl methyl sites for hydroxylation is 1. The standard InChI is InChI=1S/C27H25FN4O3/c1-31-14-22-20(8-9-25(26(22)30-31)35-16-19-4-3-11-34-19)17-6-7-18(23(28)12-17)13-32-15-24-21(27(32)33)5-2-10-29-24/h2,5-10,12,14,19H,3-4,11,13,15-16H2,1H3/i15D2. The summed E-state index contributed by atoms with van der Waals surface area (Å²) < 4.78 is 45.5. The minimum absolute atomic E-state index is 0.0535. The van der Waals surface area contributed by atoms with E-state index >= 15 is 4.39 Å². The van der Waals surface area contributed by atoms with Gasteiger partial charge in [0.25, 0.3) is 5.91 Å². The lowest BCUT2D eigenvalue weighted by molar-refractivity contribution is 0.0684. The quantitative estimate of drug-likeness (QED) is 0.412. The van der Waals surface area contributed by atoms with Gasteiger partial charge in [0.15, 0.2) is 0 Å².